The quantitative estimate of drug-likeness (QED) is 0.342. The molecule has 1 saturated heterocycles. The number of anilines is 1. The molecule has 0 saturated carbocycles. The standard InChI is InChI=1S/C28H26FN3O2S/c29-23-7-1-4-20(18-23)19-28(34)13-16-32(17-14-28)27(33)22-9-11-24(12-10-22)31-35-25-8-2-5-21-6-3-15-30-26(21)25/h1-12,15,18,31,34H,13-14,16-17,19H2. The van der Waals surface area contributed by atoms with Gasteiger partial charge in [0.15, 0.2) is 0 Å². The third kappa shape index (κ3) is 5.47. The van der Waals surface area contributed by atoms with Crippen LogP contribution in [0.3, 0.4) is 0 Å². The second-order valence-electron chi connectivity index (χ2n) is 8.94. The maximum Gasteiger partial charge on any atom is 0.253 e. The first kappa shape index (κ1) is 23.3. The van der Waals surface area contributed by atoms with Gasteiger partial charge in [0.05, 0.1) is 16.0 Å². The van der Waals surface area contributed by atoms with Crippen LogP contribution in [0.15, 0.2) is 90.0 Å². The van der Waals surface area contributed by atoms with E-state index in [1.54, 1.807) is 17.2 Å². The number of hydrogen-bond donors (Lipinski definition) is 2. The molecule has 1 aliphatic rings. The number of para-hydroxylation sites is 1. The Balaban J connectivity index is 1.17. The zero-order valence-electron chi connectivity index (χ0n) is 19.2. The first-order valence-corrected chi connectivity index (χ1v) is 12.4. The number of likely N-dealkylation sites (tertiary alicyclic amines) is 1. The fraction of sp³-hybridized carbons (Fsp3) is 0.214. The largest absolute Gasteiger partial charge is 0.389 e. The van der Waals surface area contributed by atoms with Gasteiger partial charge in [0.2, 0.25) is 0 Å². The Morgan fingerprint density at radius 2 is 1.77 bits per heavy atom. The van der Waals surface area contributed by atoms with Crippen LogP contribution in [0, 0.1) is 5.82 Å². The summed E-state index contributed by atoms with van der Waals surface area (Å²) in [6, 6.07) is 23.8. The zero-order valence-corrected chi connectivity index (χ0v) is 20.0. The molecule has 2 N–H and O–H groups in total. The van der Waals surface area contributed by atoms with Gasteiger partial charge in [-0.05, 0) is 78.9 Å². The van der Waals surface area contributed by atoms with Crippen molar-refractivity contribution in [3.8, 4) is 0 Å². The van der Waals surface area contributed by atoms with E-state index in [0.717, 1.165) is 27.0 Å². The monoisotopic (exact) mass is 487 g/mol. The summed E-state index contributed by atoms with van der Waals surface area (Å²) in [6.45, 7) is 0.934. The van der Waals surface area contributed by atoms with Gasteiger partial charge in [0.25, 0.3) is 5.91 Å². The third-order valence-corrected chi connectivity index (χ3v) is 7.30. The number of amides is 1. The Labute approximate surface area is 208 Å². The second kappa shape index (κ2) is 10.1. The lowest BCUT2D eigenvalue weighted by Crippen LogP contribution is -2.47. The number of nitrogens with one attached hydrogen (secondary N) is 1. The van der Waals surface area contributed by atoms with Gasteiger partial charge >= 0.3 is 0 Å². The van der Waals surface area contributed by atoms with Gasteiger partial charge in [0, 0.05) is 42.3 Å². The highest BCUT2D eigenvalue weighted by molar-refractivity contribution is 8.00. The van der Waals surface area contributed by atoms with Crippen molar-refractivity contribution in [1.82, 2.24) is 9.88 Å². The normalized spacial score (nSPS) is 15.2. The number of halogens is 1. The molecule has 1 aromatic heterocycles. The Kier molecular flexibility index (Phi) is 6.70. The molecule has 0 unspecified atom stereocenters. The molecule has 0 radical (unpaired) electrons. The predicted molar refractivity (Wildman–Crippen MR) is 138 cm³/mol. The van der Waals surface area contributed by atoms with E-state index in [0.29, 0.717) is 37.9 Å². The van der Waals surface area contributed by atoms with Crippen molar-refractivity contribution in [3.63, 3.8) is 0 Å². The maximum atomic E-state index is 13.5. The minimum atomic E-state index is -0.925. The molecule has 1 fully saturated rings. The number of hydrogen-bond acceptors (Lipinski definition) is 5. The number of fused-ring (bicyclic) bond motifs is 1. The Morgan fingerprint density at radius 3 is 2.54 bits per heavy atom. The van der Waals surface area contributed by atoms with Crippen LogP contribution in [0.4, 0.5) is 10.1 Å². The molecule has 0 aliphatic carbocycles. The molecule has 0 bridgehead atoms. The van der Waals surface area contributed by atoms with E-state index in [1.807, 2.05) is 60.7 Å². The topological polar surface area (TPSA) is 65.5 Å². The van der Waals surface area contributed by atoms with Crippen LogP contribution in [0.5, 0.6) is 0 Å². The van der Waals surface area contributed by atoms with Crippen LogP contribution >= 0.6 is 11.9 Å². The number of nitrogens with zero attached hydrogens (tertiary/aromatic N) is 2. The van der Waals surface area contributed by atoms with Crippen molar-refractivity contribution in [1.29, 1.82) is 0 Å². The lowest BCUT2D eigenvalue weighted by atomic mass is 9.85. The summed E-state index contributed by atoms with van der Waals surface area (Å²) in [5, 5.41) is 12.1. The summed E-state index contributed by atoms with van der Waals surface area (Å²) in [5.74, 6) is -0.348. The Morgan fingerprint density at radius 1 is 1.03 bits per heavy atom. The van der Waals surface area contributed by atoms with Crippen molar-refractivity contribution in [2.24, 2.45) is 0 Å². The van der Waals surface area contributed by atoms with Gasteiger partial charge in [-0.1, -0.05) is 30.3 Å². The lowest BCUT2D eigenvalue weighted by Gasteiger charge is -2.38. The van der Waals surface area contributed by atoms with Gasteiger partial charge < -0.3 is 14.7 Å². The maximum absolute atomic E-state index is 13.5. The first-order valence-electron chi connectivity index (χ1n) is 11.6. The molecular formula is C28H26FN3O2S. The van der Waals surface area contributed by atoms with Crippen molar-refractivity contribution >= 4 is 34.4 Å². The molecule has 5 nitrogen and oxygen atoms in total. The van der Waals surface area contributed by atoms with E-state index in [4.69, 9.17) is 0 Å². The SMILES string of the molecule is O=C(c1ccc(NSc2cccc3cccnc23)cc1)N1CCC(O)(Cc2cccc(F)c2)CC1. The Hall–Kier alpha value is -3.42. The molecule has 1 aliphatic heterocycles. The van der Waals surface area contributed by atoms with Crippen LogP contribution < -0.4 is 4.72 Å². The first-order chi connectivity index (χ1) is 17.0. The smallest absolute Gasteiger partial charge is 0.253 e. The molecular weight excluding hydrogens is 461 g/mol. The molecule has 3 aromatic carbocycles. The van der Waals surface area contributed by atoms with E-state index in [9.17, 15) is 14.3 Å². The number of rotatable bonds is 6. The lowest BCUT2D eigenvalue weighted by molar-refractivity contribution is -0.0162. The third-order valence-electron chi connectivity index (χ3n) is 6.41. The van der Waals surface area contributed by atoms with Crippen LogP contribution in [-0.2, 0) is 6.42 Å². The van der Waals surface area contributed by atoms with Crippen molar-refractivity contribution < 1.29 is 14.3 Å². The van der Waals surface area contributed by atoms with Gasteiger partial charge in [-0.2, -0.15) is 0 Å². The minimum absolute atomic E-state index is 0.0461. The van der Waals surface area contributed by atoms with Crippen molar-refractivity contribution in [2.75, 3.05) is 17.8 Å². The average molecular weight is 488 g/mol. The highest BCUT2D eigenvalue weighted by Gasteiger charge is 2.34. The molecule has 0 atom stereocenters. The number of pyridine rings is 1. The van der Waals surface area contributed by atoms with E-state index in [1.165, 1.54) is 24.1 Å². The summed E-state index contributed by atoms with van der Waals surface area (Å²) in [7, 11) is 0. The van der Waals surface area contributed by atoms with Gasteiger partial charge in [-0.3, -0.25) is 9.78 Å². The zero-order chi connectivity index (χ0) is 24.3. The molecule has 2 heterocycles. The number of carbonyl (C=O) groups is 1. The molecule has 1 amide bonds. The van der Waals surface area contributed by atoms with Gasteiger partial charge in [0.1, 0.15) is 5.82 Å². The number of aromatic nitrogens is 1. The van der Waals surface area contributed by atoms with Crippen LogP contribution in [0.2, 0.25) is 0 Å². The number of piperidine rings is 1. The summed E-state index contributed by atoms with van der Waals surface area (Å²) < 4.78 is 16.8. The second-order valence-corrected chi connectivity index (χ2v) is 9.78. The number of aliphatic hydroxyl groups is 1. The van der Waals surface area contributed by atoms with Crippen LogP contribution in [-0.4, -0.2) is 39.6 Å². The molecule has 5 rings (SSSR count). The van der Waals surface area contributed by atoms with Crippen LogP contribution in [0.1, 0.15) is 28.8 Å². The molecule has 7 heteroatoms. The van der Waals surface area contributed by atoms with Crippen LogP contribution in [0.25, 0.3) is 10.9 Å². The van der Waals surface area contributed by atoms with E-state index >= 15 is 0 Å². The highest BCUT2D eigenvalue weighted by atomic mass is 32.2. The predicted octanol–water partition coefficient (Wildman–Crippen LogP) is 5.70. The average Bonchev–Trinajstić information content (AvgIpc) is 2.87. The molecule has 35 heavy (non-hydrogen) atoms. The Bertz CT molecular complexity index is 1330. The fourth-order valence-electron chi connectivity index (χ4n) is 4.47. The van der Waals surface area contributed by atoms with Gasteiger partial charge in [-0.25, -0.2) is 4.39 Å². The van der Waals surface area contributed by atoms with Gasteiger partial charge in [-0.15, -0.1) is 0 Å². The summed E-state index contributed by atoms with van der Waals surface area (Å²) in [5.41, 5.74) is 2.30. The van der Waals surface area contributed by atoms with Crippen molar-refractivity contribution in [3.05, 3.63) is 102 Å². The molecule has 178 valence electrons. The van der Waals surface area contributed by atoms with E-state index in [-0.39, 0.29) is 11.7 Å². The molecule has 4 aromatic rings. The molecule has 0 spiro atoms. The summed E-state index contributed by atoms with van der Waals surface area (Å²) >= 11 is 1.49. The van der Waals surface area contributed by atoms with Crippen molar-refractivity contribution in [2.45, 2.75) is 29.8 Å². The minimum Gasteiger partial charge on any atom is -0.389 e. The highest BCUT2D eigenvalue weighted by Crippen LogP contribution is 2.29. The summed E-state index contributed by atoms with van der Waals surface area (Å²) in [4.78, 5) is 20.3. The number of benzene rings is 3. The summed E-state index contributed by atoms with van der Waals surface area (Å²) in [6.07, 6.45) is 3.10. The fourth-order valence-corrected chi connectivity index (χ4v) is 5.24. The van der Waals surface area contributed by atoms with E-state index in [2.05, 4.69) is 9.71 Å². The van der Waals surface area contributed by atoms with E-state index < -0.39 is 5.60 Å². The number of carbonyl (C=O) groups excluding carboxylic acids is 1.